The molecule has 0 unspecified atom stereocenters. The van der Waals surface area contributed by atoms with Crippen LogP contribution >= 0.6 is 11.3 Å². The van der Waals surface area contributed by atoms with Crippen LogP contribution < -0.4 is 10.6 Å². The predicted octanol–water partition coefficient (Wildman–Crippen LogP) is 3.09. The first kappa shape index (κ1) is 30.4. The molecule has 2 N–H and O–H groups in total. The smallest absolute Gasteiger partial charge is 0.413 e. The first-order chi connectivity index (χ1) is 20.2. The minimum absolute atomic E-state index is 0.109. The summed E-state index contributed by atoms with van der Waals surface area (Å²) < 4.78 is 30.9. The van der Waals surface area contributed by atoms with E-state index in [1.165, 1.54) is 35.6 Å². The molecule has 3 aromatic rings. The molecule has 0 radical (unpaired) electrons. The number of nitrogens with one attached hydrogen (secondary N) is 2. The van der Waals surface area contributed by atoms with Crippen molar-refractivity contribution in [3.8, 4) is 12.1 Å². The predicted molar refractivity (Wildman–Crippen MR) is 153 cm³/mol. The van der Waals surface area contributed by atoms with E-state index in [2.05, 4.69) is 20.3 Å². The second-order valence-corrected chi connectivity index (χ2v) is 12.2. The summed E-state index contributed by atoms with van der Waals surface area (Å²) in [6.45, 7) is 0.909. The van der Waals surface area contributed by atoms with Gasteiger partial charge in [0, 0.05) is 30.1 Å². The number of nitrogens with zero attached hydrogens (tertiary/aromatic N) is 4. The molecule has 0 saturated heterocycles. The maximum Gasteiger partial charge on any atom is 0.413 e. The van der Waals surface area contributed by atoms with E-state index in [1.54, 1.807) is 12.1 Å². The van der Waals surface area contributed by atoms with Crippen molar-refractivity contribution in [2.45, 2.75) is 24.4 Å². The summed E-state index contributed by atoms with van der Waals surface area (Å²) in [5.41, 5.74) is 2.16. The van der Waals surface area contributed by atoms with E-state index < -0.39 is 41.0 Å². The number of nitriles is 2. The minimum atomic E-state index is -4.13. The molecule has 0 fully saturated rings. The van der Waals surface area contributed by atoms with Gasteiger partial charge in [0.1, 0.15) is 18.1 Å². The van der Waals surface area contributed by atoms with Crippen LogP contribution in [0.25, 0.3) is 0 Å². The monoisotopic (exact) mass is 606 g/mol. The lowest BCUT2D eigenvalue weighted by Crippen LogP contribution is -2.33. The Labute approximate surface area is 246 Å². The highest BCUT2D eigenvalue weighted by atomic mass is 32.2. The average molecular weight is 607 g/mol. The van der Waals surface area contributed by atoms with Crippen LogP contribution in [0.1, 0.15) is 36.7 Å². The Kier molecular flexibility index (Phi) is 9.67. The van der Waals surface area contributed by atoms with E-state index in [0.29, 0.717) is 26.1 Å². The number of fused-ring (bicyclic) bond motifs is 1. The van der Waals surface area contributed by atoms with Gasteiger partial charge in [0.05, 0.1) is 29.7 Å². The molecule has 1 aliphatic rings. The van der Waals surface area contributed by atoms with Crippen LogP contribution in [0.15, 0.2) is 59.5 Å². The molecular formula is C28H26N6O6S2. The quantitative estimate of drug-likeness (QED) is 0.347. The van der Waals surface area contributed by atoms with Gasteiger partial charge >= 0.3 is 6.09 Å². The molecule has 1 aromatic heterocycles. The summed E-state index contributed by atoms with van der Waals surface area (Å²) in [4.78, 5) is 41.0. The lowest BCUT2D eigenvalue weighted by atomic mass is 10.0. The van der Waals surface area contributed by atoms with E-state index >= 15 is 0 Å². The number of ether oxygens (including phenoxy) is 1. The number of hydrogen-bond acceptors (Lipinski definition) is 10. The van der Waals surface area contributed by atoms with Crippen molar-refractivity contribution < 1.29 is 27.5 Å². The van der Waals surface area contributed by atoms with Crippen molar-refractivity contribution in [2.75, 3.05) is 32.1 Å². The molecular weight excluding hydrogens is 580 g/mol. The number of carbonyl (C=O) groups is 3. The molecule has 2 aromatic carbocycles. The van der Waals surface area contributed by atoms with Crippen LogP contribution in [0.2, 0.25) is 0 Å². The van der Waals surface area contributed by atoms with Crippen LogP contribution in [0.5, 0.6) is 0 Å². The summed E-state index contributed by atoms with van der Waals surface area (Å²) >= 11 is 1.23. The molecule has 14 heteroatoms. The van der Waals surface area contributed by atoms with Gasteiger partial charge in [-0.1, -0.05) is 30.3 Å². The number of alkyl carbamates (subject to hydrolysis) is 1. The number of anilines is 1. The molecule has 0 spiro atoms. The van der Waals surface area contributed by atoms with Crippen molar-refractivity contribution in [1.82, 2.24) is 14.5 Å². The van der Waals surface area contributed by atoms with Crippen molar-refractivity contribution >= 4 is 44.3 Å². The highest BCUT2D eigenvalue weighted by Gasteiger charge is 2.30. The van der Waals surface area contributed by atoms with E-state index in [4.69, 9.17) is 10.5 Å². The third kappa shape index (κ3) is 6.82. The molecule has 12 nitrogen and oxygen atoms in total. The zero-order chi connectivity index (χ0) is 30.3. The fourth-order valence-corrected chi connectivity index (χ4v) is 6.97. The highest BCUT2D eigenvalue weighted by molar-refractivity contribution is 7.89. The highest BCUT2D eigenvalue weighted by Crippen LogP contribution is 2.38. The van der Waals surface area contributed by atoms with Gasteiger partial charge < -0.3 is 10.1 Å². The second kappa shape index (κ2) is 13.4. The summed E-state index contributed by atoms with van der Waals surface area (Å²) in [7, 11) is -2.99. The van der Waals surface area contributed by atoms with Gasteiger partial charge in [0.15, 0.2) is 0 Å². The molecule has 0 aliphatic carbocycles. The Bertz CT molecular complexity index is 1660. The van der Waals surface area contributed by atoms with E-state index in [0.717, 1.165) is 27.4 Å². The number of sulfonamides is 1. The summed E-state index contributed by atoms with van der Waals surface area (Å²) in [5, 5.41) is 23.0. The number of imide groups is 1. The number of benzene rings is 2. The van der Waals surface area contributed by atoms with Gasteiger partial charge in [-0.3, -0.25) is 19.8 Å². The zero-order valence-electron chi connectivity index (χ0n) is 22.5. The molecule has 2 heterocycles. The first-order valence-electron chi connectivity index (χ1n) is 12.6. The van der Waals surface area contributed by atoms with Crippen LogP contribution in [-0.2, 0) is 34.3 Å². The first-order valence-corrected chi connectivity index (χ1v) is 14.9. The number of thiophene rings is 1. The lowest BCUT2D eigenvalue weighted by Gasteiger charge is -2.27. The zero-order valence-corrected chi connectivity index (χ0v) is 24.1. The van der Waals surface area contributed by atoms with Crippen molar-refractivity contribution in [1.29, 1.82) is 10.5 Å². The van der Waals surface area contributed by atoms with Gasteiger partial charge in [-0.2, -0.15) is 14.8 Å². The Morgan fingerprint density at radius 3 is 2.31 bits per heavy atom. The van der Waals surface area contributed by atoms with Crippen LogP contribution in [0.4, 0.5) is 9.80 Å². The standard InChI is InChI=1S/C28H26N6O6S2/c1-40-28(37)32-26(36)24-22-11-14-33(17-19-5-3-2-4-6-19)18-23(22)41-27(24)31-25(35)20-7-9-21(10-8-20)42(38,39)34(15-12-29)16-13-30/h2-10H,11,14-18H2,1H3,(H,31,35)(H,32,36,37). The fourth-order valence-electron chi connectivity index (χ4n) is 4.45. The summed E-state index contributed by atoms with van der Waals surface area (Å²) in [6, 6.07) is 18.4. The maximum absolute atomic E-state index is 13.2. The van der Waals surface area contributed by atoms with Crippen LogP contribution in [-0.4, -0.2) is 62.3 Å². The van der Waals surface area contributed by atoms with Gasteiger partial charge in [-0.25, -0.2) is 13.2 Å². The normalized spacial score (nSPS) is 13.0. The number of hydrogen-bond donors (Lipinski definition) is 2. The number of amides is 3. The van der Waals surface area contributed by atoms with Crippen molar-refractivity contribution in [3.05, 3.63) is 81.7 Å². The largest absolute Gasteiger partial charge is 0.453 e. The lowest BCUT2D eigenvalue weighted by molar-refractivity contribution is 0.0936. The Hall–Kier alpha value is -4.60. The van der Waals surface area contributed by atoms with Crippen LogP contribution in [0.3, 0.4) is 0 Å². The van der Waals surface area contributed by atoms with E-state index in [9.17, 15) is 22.8 Å². The van der Waals surface area contributed by atoms with Crippen LogP contribution in [0, 0.1) is 22.7 Å². The Morgan fingerprint density at radius 2 is 1.69 bits per heavy atom. The maximum atomic E-state index is 13.2. The van der Waals surface area contributed by atoms with Gasteiger partial charge in [-0.15, -0.1) is 11.3 Å². The van der Waals surface area contributed by atoms with E-state index in [1.807, 2.05) is 30.3 Å². The molecule has 0 bridgehead atoms. The molecule has 42 heavy (non-hydrogen) atoms. The third-order valence-electron chi connectivity index (χ3n) is 6.49. The molecule has 4 rings (SSSR count). The van der Waals surface area contributed by atoms with Crippen molar-refractivity contribution in [2.24, 2.45) is 0 Å². The Balaban J connectivity index is 1.58. The molecule has 0 atom stereocenters. The number of rotatable bonds is 9. The molecule has 3 amide bonds. The average Bonchev–Trinajstić information content (AvgIpc) is 3.34. The second-order valence-electron chi connectivity index (χ2n) is 9.17. The number of methoxy groups -OCH3 is 1. The van der Waals surface area contributed by atoms with Gasteiger partial charge in [0.25, 0.3) is 11.8 Å². The Morgan fingerprint density at radius 1 is 1.02 bits per heavy atom. The van der Waals surface area contributed by atoms with E-state index in [-0.39, 0.29) is 21.0 Å². The SMILES string of the molecule is COC(=O)NC(=O)c1c(NC(=O)c2ccc(S(=O)(=O)N(CC#N)CC#N)cc2)sc2c1CCN(Cc1ccccc1)C2. The summed E-state index contributed by atoms with van der Waals surface area (Å²) in [5.74, 6) is -1.31. The number of carbonyl (C=O) groups excluding carboxylic acids is 3. The molecule has 0 saturated carbocycles. The fraction of sp³-hybridized carbons (Fsp3) is 0.250. The summed E-state index contributed by atoms with van der Waals surface area (Å²) in [6.07, 6.45) is -0.412. The van der Waals surface area contributed by atoms with Crippen molar-refractivity contribution in [3.63, 3.8) is 0 Å². The minimum Gasteiger partial charge on any atom is -0.453 e. The third-order valence-corrected chi connectivity index (χ3v) is 9.43. The molecule has 1 aliphatic heterocycles. The van der Waals surface area contributed by atoms with Gasteiger partial charge in [-0.05, 0) is 41.8 Å². The van der Waals surface area contributed by atoms with Gasteiger partial charge in [0.2, 0.25) is 10.0 Å². The molecule has 216 valence electrons. The topological polar surface area (TPSA) is 173 Å².